The van der Waals surface area contributed by atoms with E-state index in [1.807, 2.05) is 6.20 Å². The maximum atomic E-state index is 4.94. The van der Waals surface area contributed by atoms with E-state index in [4.69, 9.17) is 9.97 Å². The van der Waals surface area contributed by atoms with Gasteiger partial charge in [-0.2, -0.15) is 4.98 Å². The van der Waals surface area contributed by atoms with Crippen LogP contribution in [0.25, 0.3) is 33.5 Å². The van der Waals surface area contributed by atoms with E-state index in [2.05, 4.69) is 57.2 Å². The topological polar surface area (TPSA) is 71.4 Å². The molecule has 5 rings (SSSR count). The van der Waals surface area contributed by atoms with Crippen LogP contribution in [-0.2, 0) is 0 Å². The summed E-state index contributed by atoms with van der Waals surface area (Å²) in [5.74, 6) is 1.66. The summed E-state index contributed by atoms with van der Waals surface area (Å²) < 4.78 is 2.35. The summed E-state index contributed by atoms with van der Waals surface area (Å²) in [6, 6.07) is 8.83. The molecule has 26 heavy (non-hydrogen) atoms. The predicted octanol–water partition coefficient (Wildman–Crippen LogP) is 4.52. The van der Waals surface area contributed by atoms with Crippen LogP contribution in [0.2, 0.25) is 0 Å². The first-order chi connectivity index (χ1) is 12.8. The highest BCUT2D eigenvalue weighted by atomic mass is 15.2. The molecule has 1 aromatic carbocycles. The van der Waals surface area contributed by atoms with Crippen LogP contribution in [0, 0.1) is 0 Å². The van der Waals surface area contributed by atoms with Gasteiger partial charge in [0.25, 0.3) is 0 Å². The van der Waals surface area contributed by atoms with Crippen molar-refractivity contribution in [2.75, 3.05) is 11.9 Å². The molecule has 1 aliphatic rings. The Balaban J connectivity index is 1.77. The normalized spacial score (nSPS) is 15.3. The molecule has 0 unspecified atom stereocenters. The Morgan fingerprint density at radius 1 is 1.19 bits per heavy atom. The molecule has 1 saturated carbocycles. The number of aromatic nitrogens is 5. The number of rotatable bonds is 4. The molecule has 6 heteroatoms. The molecule has 0 spiro atoms. The molecule has 2 N–H and O–H groups in total. The quantitative estimate of drug-likeness (QED) is 0.570. The van der Waals surface area contributed by atoms with Crippen LogP contribution in [-0.4, -0.2) is 31.0 Å². The van der Waals surface area contributed by atoms with Crippen molar-refractivity contribution in [3.8, 4) is 11.4 Å². The first-order valence-corrected chi connectivity index (χ1v) is 9.40. The molecule has 3 heterocycles. The van der Waals surface area contributed by atoms with Crippen LogP contribution in [0.1, 0.15) is 38.6 Å². The SMILES string of the molecule is CCNc1ncc2nc(-c3c[nH]c4ccccc34)n(C3CCCC3)c2n1. The Bertz CT molecular complexity index is 1070. The van der Waals surface area contributed by atoms with Gasteiger partial charge in [0.2, 0.25) is 5.95 Å². The maximum absolute atomic E-state index is 4.94. The first kappa shape index (κ1) is 15.4. The van der Waals surface area contributed by atoms with Gasteiger partial charge in [0.05, 0.1) is 6.20 Å². The van der Waals surface area contributed by atoms with Gasteiger partial charge in [0, 0.05) is 35.2 Å². The van der Waals surface area contributed by atoms with Crippen molar-refractivity contribution in [1.29, 1.82) is 0 Å². The van der Waals surface area contributed by atoms with Crippen LogP contribution in [0.4, 0.5) is 5.95 Å². The van der Waals surface area contributed by atoms with Crippen molar-refractivity contribution in [2.24, 2.45) is 0 Å². The Morgan fingerprint density at radius 2 is 2.04 bits per heavy atom. The number of imidazole rings is 1. The van der Waals surface area contributed by atoms with Gasteiger partial charge in [0.1, 0.15) is 11.3 Å². The van der Waals surface area contributed by atoms with Gasteiger partial charge in [-0.05, 0) is 25.8 Å². The zero-order valence-corrected chi connectivity index (χ0v) is 14.9. The third kappa shape index (κ3) is 2.36. The summed E-state index contributed by atoms with van der Waals surface area (Å²) >= 11 is 0. The van der Waals surface area contributed by atoms with Crippen molar-refractivity contribution in [2.45, 2.75) is 38.6 Å². The largest absolute Gasteiger partial charge is 0.360 e. The highest BCUT2D eigenvalue weighted by Gasteiger charge is 2.25. The number of para-hydroxylation sites is 1. The molecule has 1 fully saturated rings. The number of aromatic amines is 1. The Labute approximate surface area is 151 Å². The van der Waals surface area contributed by atoms with E-state index in [0.29, 0.717) is 12.0 Å². The smallest absolute Gasteiger partial charge is 0.224 e. The monoisotopic (exact) mass is 346 g/mol. The second-order valence-electron chi connectivity index (χ2n) is 6.92. The van der Waals surface area contributed by atoms with E-state index in [9.17, 15) is 0 Å². The zero-order valence-electron chi connectivity index (χ0n) is 14.9. The van der Waals surface area contributed by atoms with E-state index >= 15 is 0 Å². The second-order valence-corrected chi connectivity index (χ2v) is 6.92. The molecule has 0 saturated heterocycles. The van der Waals surface area contributed by atoms with Gasteiger partial charge in [-0.1, -0.05) is 31.0 Å². The third-order valence-electron chi connectivity index (χ3n) is 5.29. The number of H-pyrrole nitrogens is 1. The number of benzene rings is 1. The van der Waals surface area contributed by atoms with Gasteiger partial charge in [-0.3, -0.25) is 0 Å². The lowest BCUT2D eigenvalue weighted by Gasteiger charge is -2.15. The van der Waals surface area contributed by atoms with Crippen LogP contribution >= 0.6 is 0 Å². The molecule has 132 valence electrons. The molecular weight excluding hydrogens is 324 g/mol. The summed E-state index contributed by atoms with van der Waals surface area (Å²) in [7, 11) is 0. The van der Waals surface area contributed by atoms with Crippen molar-refractivity contribution >= 4 is 28.0 Å². The summed E-state index contributed by atoms with van der Waals surface area (Å²) in [5.41, 5.74) is 4.06. The molecule has 0 amide bonds. The lowest BCUT2D eigenvalue weighted by molar-refractivity contribution is 0.534. The average molecular weight is 346 g/mol. The molecular formula is C20H22N6. The Hall–Kier alpha value is -2.89. The number of hydrogen-bond donors (Lipinski definition) is 2. The van der Waals surface area contributed by atoms with Gasteiger partial charge in [-0.15, -0.1) is 0 Å². The van der Waals surface area contributed by atoms with Gasteiger partial charge in [0.15, 0.2) is 5.65 Å². The van der Waals surface area contributed by atoms with Crippen LogP contribution in [0.5, 0.6) is 0 Å². The molecule has 6 nitrogen and oxygen atoms in total. The van der Waals surface area contributed by atoms with E-state index < -0.39 is 0 Å². The molecule has 1 aliphatic carbocycles. The summed E-state index contributed by atoms with van der Waals surface area (Å²) in [4.78, 5) is 17.5. The Morgan fingerprint density at radius 3 is 2.88 bits per heavy atom. The number of nitrogens with one attached hydrogen (secondary N) is 2. The number of hydrogen-bond acceptors (Lipinski definition) is 4. The molecule has 0 radical (unpaired) electrons. The third-order valence-corrected chi connectivity index (χ3v) is 5.29. The van der Waals surface area contributed by atoms with E-state index in [1.54, 1.807) is 0 Å². The summed E-state index contributed by atoms with van der Waals surface area (Å²) in [5, 5.41) is 4.42. The maximum Gasteiger partial charge on any atom is 0.224 e. The fraction of sp³-hybridized carbons (Fsp3) is 0.350. The van der Waals surface area contributed by atoms with Crippen LogP contribution < -0.4 is 5.32 Å². The minimum Gasteiger partial charge on any atom is -0.360 e. The molecule has 4 aromatic rings. The Kier molecular flexibility index (Phi) is 3.62. The molecule has 0 aliphatic heterocycles. The summed E-state index contributed by atoms with van der Waals surface area (Å²) in [6.07, 6.45) is 8.80. The van der Waals surface area contributed by atoms with Crippen molar-refractivity contribution < 1.29 is 0 Å². The minimum absolute atomic E-state index is 0.452. The number of fused-ring (bicyclic) bond motifs is 2. The van der Waals surface area contributed by atoms with Crippen molar-refractivity contribution in [3.63, 3.8) is 0 Å². The van der Waals surface area contributed by atoms with E-state index in [0.717, 1.165) is 34.6 Å². The highest BCUT2D eigenvalue weighted by molar-refractivity contribution is 5.95. The molecule has 0 atom stereocenters. The average Bonchev–Trinajstić information content (AvgIpc) is 3.39. The number of anilines is 1. The lowest BCUT2D eigenvalue weighted by atomic mass is 10.1. The van der Waals surface area contributed by atoms with E-state index in [-0.39, 0.29) is 0 Å². The second kappa shape index (κ2) is 6.12. The zero-order chi connectivity index (χ0) is 17.5. The van der Waals surface area contributed by atoms with Crippen molar-refractivity contribution in [1.82, 2.24) is 24.5 Å². The highest BCUT2D eigenvalue weighted by Crippen LogP contribution is 2.38. The van der Waals surface area contributed by atoms with Gasteiger partial charge in [-0.25, -0.2) is 9.97 Å². The fourth-order valence-corrected chi connectivity index (χ4v) is 4.09. The van der Waals surface area contributed by atoms with Crippen LogP contribution in [0.3, 0.4) is 0 Å². The predicted molar refractivity (Wildman–Crippen MR) is 104 cm³/mol. The van der Waals surface area contributed by atoms with Crippen LogP contribution in [0.15, 0.2) is 36.7 Å². The van der Waals surface area contributed by atoms with Gasteiger partial charge >= 0.3 is 0 Å². The fourth-order valence-electron chi connectivity index (χ4n) is 4.09. The minimum atomic E-state index is 0.452. The lowest BCUT2D eigenvalue weighted by Crippen LogP contribution is -2.09. The first-order valence-electron chi connectivity index (χ1n) is 9.40. The standard InChI is InChI=1S/C20H22N6/c1-2-21-20-23-12-17-19(25-20)26(13-7-3-4-8-13)18(24-17)15-11-22-16-10-6-5-9-14(15)16/h5-6,9-13,22H,2-4,7-8H2,1H3,(H,21,23,25). The molecule has 0 bridgehead atoms. The van der Waals surface area contributed by atoms with Gasteiger partial charge < -0.3 is 14.9 Å². The summed E-state index contributed by atoms with van der Waals surface area (Å²) in [6.45, 7) is 2.86. The van der Waals surface area contributed by atoms with Crippen molar-refractivity contribution in [3.05, 3.63) is 36.7 Å². The molecule has 3 aromatic heterocycles. The van der Waals surface area contributed by atoms with E-state index in [1.165, 1.54) is 31.1 Å². The number of nitrogens with zero attached hydrogens (tertiary/aromatic N) is 4.